The fourth-order valence-electron chi connectivity index (χ4n) is 8.16. The van der Waals surface area contributed by atoms with E-state index < -0.39 is 17.0 Å². The van der Waals surface area contributed by atoms with Gasteiger partial charge in [0.05, 0.1) is 16.9 Å². The first-order valence-corrected chi connectivity index (χ1v) is 12.1. The number of fused-ring (bicyclic) bond motifs is 9. The van der Waals surface area contributed by atoms with Crippen molar-refractivity contribution >= 4 is 16.6 Å². The van der Waals surface area contributed by atoms with Crippen LogP contribution in [0.2, 0.25) is 0 Å². The van der Waals surface area contributed by atoms with Crippen LogP contribution in [0.3, 0.4) is 0 Å². The molecule has 32 heavy (non-hydrogen) atoms. The van der Waals surface area contributed by atoms with E-state index in [-0.39, 0.29) is 11.5 Å². The number of nitrogens with zero attached hydrogens (tertiary/aromatic N) is 1. The maximum atomic E-state index is 12.6. The Hall–Kier alpha value is -1.95. The Labute approximate surface area is 188 Å². The second-order valence-corrected chi connectivity index (χ2v) is 11.5. The van der Waals surface area contributed by atoms with Crippen LogP contribution < -0.4 is 0 Å². The van der Waals surface area contributed by atoms with Gasteiger partial charge in [-0.15, -0.1) is 0 Å². The lowest BCUT2D eigenvalue weighted by Gasteiger charge is -2.61. The molecule has 5 unspecified atom stereocenters. The fourth-order valence-corrected chi connectivity index (χ4v) is 8.16. The van der Waals surface area contributed by atoms with E-state index in [2.05, 4.69) is 61.1 Å². The van der Waals surface area contributed by atoms with Crippen molar-refractivity contribution in [3.8, 4) is 0 Å². The first-order chi connectivity index (χ1) is 15.2. The molecule has 2 bridgehead atoms. The largest absolute Gasteiger partial charge is 0.385 e. The molecule has 7 rings (SSSR count). The van der Waals surface area contributed by atoms with Gasteiger partial charge in [-0.25, -0.2) is 0 Å². The molecule has 2 aromatic rings. The summed E-state index contributed by atoms with van der Waals surface area (Å²) in [5, 5.41) is 13.9. The summed E-state index contributed by atoms with van der Waals surface area (Å²) < 4.78 is 13.3. The summed E-state index contributed by atoms with van der Waals surface area (Å²) in [5.41, 5.74) is 4.08. The smallest absolute Gasteiger partial charge is 0.195 e. The number of rotatable bonds is 0. The summed E-state index contributed by atoms with van der Waals surface area (Å²) in [6, 6.07) is 8.64. The molecule has 0 radical (unpaired) electrons. The third-order valence-electron chi connectivity index (χ3n) is 9.62. The van der Waals surface area contributed by atoms with Gasteiger partial charge in [-0.05, 0) is 63.2 Å². The van der Waals surface area contributed by atoms with Gasteiger partial charge in [-0.2, -0.15) is 0 Å². The van der Waals surface area contributed by atoms with Crippen LogP contribution in [0.15, 0.2) is 40.9 Å². The van der Waals surface area contributed by atoms with Crippen LogP contribution in [0.5, 0.6) is 0 Å². The van der Waals surface area contributed by atoms with E-state index in [4.69, 9.17) is 9.47 Å². The third-order valence-corrected chi connectivity index (χ3v) is 9.62. The number of ether oxygens (including phenoxy) is 2. The van der Waals surface area contributed by atoms with E-state index >= 15 is 0 Å². The molecule has 1 aromatic heterocycles. The molecule has 1 saturated heterocycles. The lowest BCUT2D eigenvalue weighted by Crippen LogP contribution is -2.64. The summed E-state index contributed by atoms with van der Waals surface area (Å²) in [7, 11) is 1.81. The molecule has 5 aliphatic rings. The van der Waals surface area contributed by atoms with Crippen LogP contribution in [0.25, 0.3) is 10.9 Å². The van der Waals surface area contributed by atoms with Crippen molar-refractivity contribution in [1.82, 2.24) is 4.98 Å². The maximum Gasteiger partial charge on any atom is 0.195 e. The van der Waals surface area contributed by atoms with E-state index in [0.717, 1.165) is 43.4 Å². The lowest BCUT2D eigenvalue weighted by atomic mass is 9.48. The molecule has 3 heterocycles. The van der Waals surface area contributed by atoms with E-state index in [1.165, 1.54) is 22.2 Å². The summed E-state index contributed by atoms with van der Waals surface area (Å²) in [6.07, 6.45) is 6.44. The summed E-state index contributed by atoms with van der Waals surface area (Å²) in [4.78, 5) is 8.32. The van der Waals surface area contributed by atoms with Crippen molar-refractivity contribution in [3.05, 3.63) is 47.2 Å². The Morgan fingerprint density at radius 3 is 2.75 bits per heavy atom. The van der Waals surface area contributed by atoms with Crippen LogP contribution >= 0.6 is 0 Å². The minimum atomic E-state index is -0.980. The molecular weight excluding hydrogens is 400 g/mol. The average molecular weight is 433 g/mol. The minimum Gasteiger partial charge on any atom is -0.385 e. The number of H-pyrrole nitrogens is 1. The van der Waals surface area contributed by atoms with Gasteiger partial charge >= 0.3 is 0 Å². The number of hydrogen-bond donors (Lipinski definition) is 2. The van der Waals surface area contributed by atoms with Crippen LogP contribution in [-0.2, 0) is 15.9 Å². The zero-order chi connectivity index (χ0) is 22.1. The highest BCUT2D eigenvalue weighted by Crippen LogP contribution is 2.69. The Balaban J connectivity index is 1.40. The normalized spacial score (nSPS) is 44.7. The second kappa shape index (κ2) is 5.75. The number of aromatic nitrogens is 1. The Bertz CT molecular complexity index is 1220. The quantitative estimate of drug-likeness (QED) is 0.637. The molecule has 168 valence electrons. The summed E-state index contributed by atoms with van der Waals surface area (Å²) >= 11 is 0. The fraction of sp³-hybridized carbons (Fsp3) is 0.593. The summed E-state index contributed by atoms with van der Waals surface area (Å²) in [5.74, 6) is 0.0417. The second-order valence-electron chi connectivity index (χ2n) is 11.5. The van der Waals surface area contributed by atoms with Crippen molar-refractivity contribution < 1.29 is 14.6 Å². The minimum absolute atomic E-state index is 0.188. The number of aliphatic imine (C=N–C) groups is 1. The van der Waals surface area contributed by atoms with Crippen molar-refractivity contribution in [2.45, 2.75) is 81.9 Å². The average Bonchev–Trinajstić information content (AvgIpc) is 3.36. The molecular formula is C27H32N2O3. The predicted octanol–water partition coefficient (Wildman–Crippen LogP) is 4.65. The van der Waals surface area contributed by atoms with Gasteiger partial charge in [0.2, 0.25) is 0 Å². The van der Waals surface area contributed by atoms with Gasteiger partial charge in [0, 0.05) is 47.0 Å². The molecule has 5 heteroatoms. The number of hydrogen-bond acceptors (Lipinski definition) is 4. The molecule has 3 fully saturated rings. The van der Waals surface area contributed by atoms with Gasteiger partial charge < -0.3 is 19.6 Å². The van der Waals surface area contributed by atoms with E-state index in [0.29, 0.717) is 11.8 Å². The van der Waals surface area contributed by atoms with Crippen LogP contribution in [0.4, 0.5) is 0 Å². The van der Waals surface area contributed by atoms with Crippen LogP contribution in [-0.4, -0.2) is 45.9 Å². The SMILES string of the molecule is CN=C1C=C2C3(CCC4(C)C5c6[nH]c7ccccc7c6CC5CC[C@@]24O)OC1C(C)(C)O3. The molecule has 2 N–H and O–H groups in total. The zero-order valence-corrected chi connectivity index (χ0v) is 19.4. The van der Waals surface area contributed by atoms with Gasteiger partial charge in [0.15, 0.2) is 5.79 Å². The number of para-hydroxylation sites is 1. The lowest BCUT2D eigenvalue weighted by molar-refractivity contribution is -0.234. The zero-order valence-electron chi connectivity index (χ0n) is 19.4. The molecule has 2 saturated carbocycles. The summed E-state index contributed by atoms with van der Waals surface area (Å²) in [6.45, 7) is 6.47. The Morgan fingerprint density at radius 1 is 1.12 bits per heavy atom. The van der Waals surface area contributed by atoms with E-state index in [1.807, 2.05) is 7.05 Å². The Morgan fingerprint density at radius 2 is 1.94 bits per heavy atom. The number of aromatic amines is 1. The maximum absolute atomic E-state index is 12.6. The standard InChI is InChI=1S/C27H32N2O3/c1-24(2)23-19(28-4)14-20-26(30)10-9-15-13-17-16-7-5-6-8-18(16)29-22(17)21(15)25(26,3)11-12-27(20,31-23)32-24/h5-8,14-15,21,23,29-30H,9-13H2,1-4H3/t15?,21?,23?,25?,26-,27?/m1/s1. The van der Waals surface area contributed by atoms with Crippen molar-refractivity contribution in [1.29, 1.82) is 0 Å². The highest BCUT2D eigenvalue weighted by molar-refractivity contribution is 6.02. The Kier molecular flexibility index (Phi) is 3.51. The predicted molar refractivity (Wildman–Crippen MR) is 124 cm³/mol. The molecule has 6 atom stereocenters. The molecule has 0 amide bonds. The van der Waals surface area contributed by atoms with Crippen molar-refractivity contribution in [3.63, 3.8) is 0 Å². The van der Waals surface area contributed by atoms with Crippen LogP contribution in [0.1, 0.15) is 63.6 Å². The van der Waals surface area contributed by atoms with Crippen LogP contribution in [0, 0.1) is 11.3 Å². The van der Waals surface area contributed by atoms with Gasteiger partial charge in [0.25, 0.3) is 0 Å². The number of nitrogens with one attached hydrogen (secondary N) is 1. The highest BCUT2D eigenvalue weighted by Gasteiger charge is 2.71. The monoisotopic (exact) mass is 432 g/mol. The molecule has 5 nitrogen and oxygen atoms in total. The van der Waals surface area contributed by atoms with E-state index in [9.17, 15) is 5.11 Å². The third kappa shape index (κ3) is 2.05. The molecule has 1 aromatic carbocycles. The first-order valence-electron chi connectivity index (χ1n) is 12.1. The van der Waals surface area contributed by atoms with Gasteiger partial charge in [-0.1, -0.05) is 25.1 Å². The van der Waals surface area contributed by atoms with Crippen molar-refractivity contribution in [2.24, 2.45) is 16.3 Å². The number of aliphatic hydroxyl groups is 1. The highest BCUT2D eigenvalue weighted by atomic mass is 16.8. The molecule has 3 aliphatic carbocycles. The molecule has 2 aliphatic heterocycles. The molecule has 1 spiro atoms. The number of benzene rings is 1. The van der Waals surface area contributed by atoms with E-state index in [1.54, 1.807) is 0 Å². The topological polar surface area (TPSA) is 66.8 Å². The van der Waals surface area contributed by atoms with Crippen molar-refractivity contribution in [2.75, 3.05) is 7.05 Å². The van der Waals surface area contributed by atoms with Gasteiger partial charge in [-0.3, -0.25) is 4.99 Å². The first kappa shape index (κ1) is 19.5. The van der Waals surface area contributed by atoms with Gasteiger partial charge in [0.1, 0.15) is 6.10 Å².